The van der Waals surface area contributed by atoms with E-state index in [9.17, 15) is 34.6 Å². The highest BCUT2D eigenvalue weighted by molar-refractivity contribution is 5.94. The number of carbonyl (C=O) groups is 3. The molecule has 0 bridgehead atoms. The quantitative estimate of drug-likeness (QED) is 0.188. The number of piperazine rings is 3. The van der Waals surface area contributed by atoms with Crippen LogP contribution < -0.4 is 11.1 Å². The van der Waals surface area contributed by atoms with Gasteiger partial charge in [0.2, 0.25) is 0 Å². The second-order valence-corrected chi connectivity index (χ2v) is 15.7. The van der Waals surface area contributed by atoms with Gasteiger partial charge in [0, 0.05) is 97.6 Å². The van der Waals surface area contributed by atoms with E-state index >= 15 is 0 Å². The zero-order valence-corrected chi connectivity index (χ0v) is 36.2. The number of Topliss-reactive ketones (excluding diaryl/α,β-unsaturated/α-hetero) is 1. The Hall–Kier alpha value is -5.32. The van der Waals surface area contributed by atoms with Crippen molar-refractivity contribution in [1.29, 1.82) is 0 Å². The molecule has 2 amide bonds. The van der Waals surface area contributed by atoms with E-state index in [1.54, 1.807) is 15.6 Å². The number of nitrogens with two attached hydrogens (primary N) is 1. The van der Waals surface area contributed by atoms with Gasteiger partial charge in [0.15, 0.2) is 11.5 Å². The zero-order chi connectivity index (χ0) is 44.1. The third kappa shape index (κ3) is 14.4. The summed E-state index contributed by atoms with van der Waals surface area (Å²) in [5.41, 5.74) is 6.84. The van der Waals surface area contributed by atoms with Gasteiger partial charge in [-0.1, -0.05) is 7.43 Å². The Balaban J connectivity index is 0.000000287. The molecular formula is C38H67N15O7. The van der Waals surface area contributed by atoms with Crippen LogP contribution in [0.3, 0.4) is 0 Å². The molecule has 0 unspecified atom stereocenters. The number of carbonyl (C=O) groups excluding carboxylic acids is 3. The number of hydrogen-bond donors (Lipinski definition) is 2. The maximum atomic E-state index is 12.5. The van der Waals surface area contributed by atoms with Gasteiger partial charge in [-0.3, -0.25) is 19.1 Å². The first-order valence-electron chi connectivity index (χ1n) is 19.9. The van der Waals surface area contributed by atoms with Crippen LogP contribution in [-0.4, -0.2) is 181 Å². The van der Waals surface area contributed by atoms with Crippen molar-refractivity contribution in [3.05, 3.63) is 55.5 Å². The molecule has 0 spiro atoms. The van der Waals surface area contributed by atoms with Crippen molar-refractivity contribution in [2.24, 2.45) is 0 Å². The highest BCUT2D eigenvalue weighted by Gasteiger charge is 2.30. The molecule has 0 radical (unpaired) electrons. The first kappa shape index (κ1) is 50.8. The van der Waals surface area contributed by atoms with Crippen molar-refractivity contribution in [2.75, 3.05) is 105 Å². The average Bonchev–Trinajstić information content (AvgIpc) is 3.94. The van der Waals surface area contributed by atoms with Gasteiger partial charge in [-0.25, -0.2) is 0 Å². The van der Waals surface area contributed by atoms with E-state index in [0.717, 1.165) is 52.4 Å². The summed E-state index contributed by atoms with van der Waals surface area (Å²) in [6, 6.07) is 4.09. The summed E-state index contributed by atoms with van der Waals surface area (Å²) in [6.45, 7) is 23.6. The molecule has 3 aromatic heterocycles. The van der Waals surface area contributed by atoms with E-state index in [1.807, 2.05) is 53.5 Å². The minimum atomic E-state index is -0.606. The maximum absolute atomic E-state index is 12.5. The van der Waals surface area contributed by atoms with Gasteiger partial charge in [0.25, 0.3) is 11.8 Å². The van der Waals surface area contributed by atoms with Crippen molar-refractivity contribution in [3.8, 4) is 0 Å². The summed E-state index contributed by atoms with van der Waals surface area (Å²) in [5, 5.41) is 36.3. The highest BCUT2D eigenvalue weighted by atomic mass is 16.6. The Morgan fingerprint density at radius 3 is 1.25 bits per heavy atom. The van der Waals surface area contributed by atoms with Crippen LogP contribution in [0.1, 0.15) is 105 Å². The van der Waals surface area contributed by atoms with Crippen LogP contribution >= 0.6 is 0 Å². The SMILES string of the molecule is C.CC(=O)c1cc([N+](=O)[O-])nn1C(C)C.CC(C)n1nc(N)cc1C(=O)N1CCN(C)CC1.CC(C)n1nc([N+](=O)[O-])cc1C(=O)N1CCN(C)CC1.CN1CCNCC1. The topological polar surface area (TPSA) is 245 Å². The number of rotatable bonds is 8. The van der Waals surface area contributed by atoms with Gasteiger partial charge in [0.1, 0.15) is 17.2 Å². The second kappa shape index (κ2) is 23.5. The molecule has 22 heteroatoms. The normalized spacial score (nSPS) is 16.2. The van der Waals surface area contributed by atoms with Gasteiger partial charge in [-0.05, 0) is 72.5 Å². The predicted octanol–water partition coefficient (Wildman–Crippen LogP) is 2.93. The molecule has 6 rings (SSSR count). The lowest BCUT2D eigenvalue weighted by Gasteiger charge is -2.32. The van der Waals surface area contributed by atoms with E-state index in [-0.39, 0.29) is 66.2 Å². The van der Waals surface area contributed by atoms with Gasteiger partial charge >= 0.3 is 11.6 Å². The fourth-order valence-corrected chi connectivity index (χ4v) is 6.24. The second-order valence-electron chi connectivity index (χ2n) is 15.7. The Bertz CT molecular complexity index is 1860. The van der Waals surface area contributed by atoms with Crippen LogP contribution in [0.4, 0.5) is 17.5 Å². The smallest absolute Gasteiger partial charge is 0.382 e. The lowest BCUT2D eigenvalue weighted by Crippen LogP contribution is -2.47. The molecular weight excluding hydrogens is 779 g/mol. The van der Waals surface area contributed by atoms with Crippen molar-refractivity contribution >= 4 is 35.1 Å². The number of hydrogen-bond acceptors (Lipinski definition) is 15. The molecule has 3 aliphatic rings. The van der Waals surface area contributed by atoms with Gasteiger partial charge in [0.05, 0.1) is 34.4 Å². The molecule has 0 aliphatic carbocycles. The van der Waals surface area contributed by atoms with E-state index in [0.29, 0.717) is 24.6 Å². The van der Waals surface area contributed by atoms with Crippen LogP contribution in [0.5, 0.6) is 0 Å². The maximum Gasteiger partial charge on any atom is 0.390 e. The first-order valence-corrected chi connectivity index (χ1v) is 19.9. The number of anilines is 1. The van der Waals surface area contributed by atoms with Crippen LogP contribution in [0.25, 0.3) is 0 Å². The van der Waals surface area contributed by atoms with Crippen molar-refractivity contribution < 1.29 is 24.2 Å². The van der Waals surface area contributed by atoms with E-state index in [2.05, 4.69) is 49.4 Å². The largest absolute Gasteiger partial charge is 0.390 e. The van der Waals surface area contributed by atoms with Crippen LogP contribution in [0.15, 0.2) is 18.2 Å². The number of nitrogen functional groups attached to an aromatic ring is 1. The fraction of sp³-hybridized carbons (Fsp3) is 0.684. The monoisotopic (exact) mass is 846 g/mol. The number of ketones is 1. The molecule has 3 fully saturated rings. The van der Waals surface area contributed by atoms with Gasteiger partial charge < -0.3 is 55.8 Å². The van der Waals surface area contributed by atoms with E-state index in [4.69, 9.17) is 5.73 Å². The molecule has 3 aliphatic heterocycles. The van der Waals surface area contributed by atoms with Crippen LogP contribution in [0, 0.1) is 20.2 Å². The number of nitrogens with one attached hydrogen (secondary N) is 1. The lowest BCUT2D eigenvalue weighted by molar-refractivity contribution is -0.390. The molecule has 0 atom stereocenters. The number of nitrogens with zero attached hydrogens (tertiary/aromatic N) is 13. The molecule has 336 valence electrons. The summed E-state index contributed by atoms with van der Waals surface area (Å²) in [6.07, 6.45) is 0. The molecule has 6 heterocycles. The van der Waals surface area contributed by atoms with E-state index < -0.39 is 9.85 Å². The lowest BCUT2D eigenvalue weighted by atomic mass is 10.2. The molecule has 60 heavy (non-hydrogen) atoms. The molecule has 3 aromatic rings. The van der Waals surface area contributed by atoms with Crippen molar-refractivity contribution in [1.82, 2.24) is 59.2 Å². The van der Waals surface area contributed by atoms with Gasteiger partial charge in [-0.15, -0.1) is 0 Å². The number of aromatic nitrogens is 6. The third-order valence-electron chi connectivity index (χ3n) is 9.76. The standard InChI is InChI=1S/C12H19N5O3.C12H21N5O.C8H11N3O3.C5H12N2.CH4/c1-9(2)16-10(8-11(13-16)17(19)20)12(18)15-6-4-14(3)5-7-15;1-9(2)17-10(8-11(13)14-17)12(18)16-6-4-15(3)5-7-16;1-5(2)10-7(6(3)12)4-8(9-10)11(13)14;1-7-4-2-6-3-5-7;/h8-9H,4-7H2,1-3H3;8-9H,4-7H2,1-3H3,(H2,13,14);4-5H,1-3H3;6H,2-5H2,1H3;1H4. The Morgan fingerprint density at radius 1 is 0.600 bits per heavy atom. The number of likely N-dealkylation sites (N-methyl/N-ethyl adjacent to an activating group) is 3. The zero-order valence-electron chi connectivity index (χ0n) is 36.2. The highest BCUT2D eigenvalue weighted by Crippen LogP contribution is 2.20. The minimum Gasteiger partial charge on any atom is -0.382 e. The summed E-state index contributed by atoms with van der Waals surface area (Å²) in [5.74, 6) is -0.547. The predicted molar refractivity (Wildman–Crippen MR) is 229 cm³/mol. The summed E-state index contributed by atoms with van der Waals surface area (Å²) in [7, 11) is 6.23. The van der Waals surface area contributed by atoms with Crippen molar-refractivity contribution in [2.45, 2.75) is 74.0 Å². The third-order valence-corrected chi connectivity index (χ3v) is 9.76. The van der Waals surface area contributed by atoms with Crippen LogP contribution in [0.2, 0.25) is 0 Å². The van der Waals surface area contributed by atoms with Gasteiger partial charge in [-0.2, -0.15) is 14.5 Å². The molecule has 3 N–H and O–H groups in total. The summed E-state index contributed by atoms with van der Waals surface area (Å²) >= 11 is 0. The summed E-state index contributed by atoms with van der Waals surface area (Å²) in [4.78, 5) is 66.4. The number of amides is 2. The fourth-order valence-electron chi connectivity index (χ4n) is 6.24. The minimum absolute atomic E-state index is 0. The van der Waals surface area contributed by atoms with E-state index in [1.165, 1.54) is 41.5 Å². The average molecular weight is 846 g/mol. The molecule has 0 saturated carbocycles. The Kier molecular flexibility index (Phi) is 19.9. The Labute approximate surface area is 352 Å². The first-order chi connectivity index (χ1) is 27.7. The molecule has 3 saturated heterocycles. The number of nitro groups is 2. The Morgan fingerprint density at radius 2 is 0.933 bits per heavy atom. The van der Waals surface area contributed by atoms with Crippen LogP contribution in [-0.2, 0) is 0 Å². The summed E-state index contributed by atoms with van der Waals surface area (Å²) < 4.78 is 4.50. The van der Waals surface area contributed by atoms with Crippen molar-refractivity contribution in [3.63, 3.8) is 0 Å². The molecule has 22 nitrogen and oxygen atoms in total. The molecule has 0 aromatic carbocycles.